The van der Waals surface area contributed by atoms with Crippen LogP contribution in [0.1, 0.15) is 36.5 Å². The number of nitrogens with zero attached hydrogens (tertiary/aromatic N) is 1. The Labute approximate surface area is 119 Å². The summed E-state index contributed by atoms with van der Waals surface area (Å²) in [5.74, 6) is 0.971. The van der Waals surface area contributed by atoms with Crippen molar-refractivity contribution in [2.24, 2.45) is 0 Å². The highest BCUT2D eigenvalue weighted by molar-refractivity contribution is 5.94. The zero-order valence-corrected chi connectivity index (χ0v) is 11.7. The van der Waals surface area contributed by atoms with Crippen LogP contribution in [-0.4, -0.2) is 23.4 Å². The van der Waals surface area contributed by atoms with Gasteiger partial charge in [0.05, 0.1) is 6.26 Å². The summed E-state index contributed by atoms with van der Waals surface area (Å²) in [5, 5.41) is 0. The highest BCUT2D eigenvalue weighted by Crippen LogP contribution is 2.22. The molecule has 3 heteroatoms. The maximum absolute atomic E-state index is 12.5. The van der Waals surface area contributed by atoms with Crippen LogP contribution < -0.4 is 0 Å². The minimum absolute atomic E-state index is 0.142. The van der Waals surface area contributed by atoms with E-state index in [4.69, 9.17) is 4.42 Å². The van der Waals surface area contributed by atoms with Crippen molar-refractivity contribution < 1.29 is 9.21 Å². The molecule has 1 aliphatic rings. The van der Waals surface area contributed by atoms with Crippen molar-refractivity contribution in [2.75, 3.05) is 6.54 Å². The van der Waals surface area contributed by atoms with E-state index in [-0.39, 0.29) is 5.91 Å². The summed E-state index contributed by atoms with van der Waals surface area (Å²) in [7, 11) is 0. The van der Waals surface area contributed by atoms with Crippen LogP contribution in [-0.2, 0) is 0 Å². The van der Waals surface area contributed by atoms with Crippen molar-refractivity contribution in [3.63, 3.8) is 0 Å². The van der Waals surface area contributed by atoms with Crippen molar-refractivity contribution in [3.05, 3.63) is 48.2 Å². The van der Waals surface area contributed by atoms with Gasteiger partial charge in [0.2, 0.25) is 0 Å². The van der Waals surface area contributed by atoms with Crippen LogP contribution in [0.3, 0.4) is 0 Å². The molecule has 1 saturated heterocycles. The highest BCUT2D eigenvalue weighted by Gasteiger charge is 2.24. The van der Waals surface area contributed by atoms with Crippen molar-refractivity contribution in [1.29, 1.82) is 0 Å². The molecular formula is C17H19NO2. The molecule has 0 radical (unpaired) electrons. The molecule has 0 saturated carbocycles. The summed E-state index contributed by atoms with van der Waals surface area (Å²) in [6, 6.07) is 11.8. The van der Waals surface area contributed by atoms with Gasteiger partial charge in [0, 0.05) is 23.7 Å². The van der Waals surface area contributed by atoms with Crippen LogP contribution in [0.4, 0.5) is 0 Å². The first-order chi connectivity index (χ1) is 9.75. The number of carbonyl (C=O) groups is 1. The predicted molar refractivity (Wildman–Crippen MR) is 78.5 cm³/mol. The molecule has 1 amide bonds. The van der Waals surface area contributed by atoms with E-state index in [0.29, 0.717) is 6.04 Å². The Hall–Kier alpha value is -2.03. The van der Waals surface area contributed by atoms with E-state index in [1.807, 2.05) is 41.3 Å². The molecular weight excluding hydrogens is 250 g/mol. The summed E-state index contributed by atoms with van der Waals surface area (Å²) in [6.07, 6.45) is 5.10. The monoisotopic (exact) mass is 269 g/mol. The van der Waals surface area contributed by atoms with E-state index in [9.17, 15) is 4.79 Å². The van der Waals surface area contributed by atoms with Gasteiger partial charge < -0.3 is 9.32 Å². The Morgan fingerprint density at radius 3 is 2.65 bits per heavy atom. The van der Waals surface area contributed by atoms with Gasteiger partial charge in [-0.25, -0.2) is 0 Å². The Kier molecular flexibility index (Phi) is 3.59. The number of benzene rings is 1. The van der Waals surface area contributed by atoms with Gasteiger partial charge in [-0.1, -0.05) is 12.1 Å². The lowest BCUT2D eigenvalue weighted by Gasteiger charge is -2.33. The number of amides is 1. The van der Waals surface area contributed by atoms with Crippen LogP contribution in [0, 0.1) is 0 Å². The first kappa shape index (κ1) is 13.0. The first-order valence-corrected chi connectivity index (χ1v) is 7.20. The van der Waals surface area contributed by atoms with Crippen molar-refractivity contribution in [1.82, 2.24) is 4.90 Å². The van der Waals surface area contributed by atoms with Crippen molar-refractivity contribution in [3.8, 4) is 11.3 Å². The number of hydrogen-bond donors (Lipinski definition) is 0. The number of rotatable bonds is 2. The number of likely N-dealkylation sites (tertiary alicyclic amines) is 1. The lowest BCUT2D eigenvalue weighted by atomic mass is 10.0. The van der Waals surface area contributed by atoms with E-state index in [0.717, 1.165) is 36.3 Å². The molecule has 0 N–H and O–H groups in total. The molecule has 1 aliphatic heterocycles. The molecule has 0 spiro atoms. The number of hydrogen-bond acceptors (Lipinski definition) is 2. The average Bonchev–Trinajstić information content (AvgIpc) is 3.01. The van der Waals surface area contributed by atoms with Crippen molar-refractivity contribution in [2.45, 2.75) is 32.2 Å². The number of furan rings is 1. The van der Waals surface area contributed by atoms with E-state index < -0.39 is 0 Å². The van der Waals surface area contributed by atoms with Gasteiger partial charge >= 0.3 is 0 Å². The average molecular weight is 269 g/mol. The maximum atomic E-state index is 12.5. The van der Waals surface area contributed by atoms with Crippen LogP contribution in [0.5, 0.6) is 0 Å². The molecule has 1 aromatic heterocycles. The van der Waals surface area contributed by atoms with Gasteiger partial charge in [0.1, 0.15) is 5.76 Å². The lowest BCUT2D eigenvalue weighted by molar-refractivity contribution is 0.0635. The lowest BCUT2D eigenvalue weighted by Crippen LogP contribution is -2.41. The first-order valence-electron chi connectivity index (χ1n) is 7.20. The van der Waals surface area contributed by atoms with E-state index >= 15 is 0 Å². The normalized spacial score (nSPS) is 19.1. The van der Waals surface area contributed by atoms with Crippen LogP contribution >= 0.6 is 0 Å². The smallest absolute Gasteiger partial charge is 0.254 e. The third-order valence-corrected chi connectivity index (χ3v) is 4.00. The molecule has 3 rings (SSSR count). The van der Waals surface area contributed by atoms with Crippen LogP contribution in [0.15, 0.2) is 47.1 Å². The minimum atomic E-state index is 0.142. The van der Waals surface area contributed by atoms with Crippen LogP contribution in [0.25, 0.3) is 11.3 Å². The summed E-state index contributed by atoms with van der Waals surface area (Å²) < 4.78 is 5.36. The molecule has 20 heavy (non-hydrogen) atoms. The fraction of sp³-hybridized carbons (Fsp3) is 0.353. The predicted octanol–water partition coefficient (Wildman–Crippen LogP) is 3.96. The van der Waals surface area contributed by atoms with Gasteiger partial charge in [-0.05, 0) is 50.5 Å². The largest absolute Gasteiger partial charge is 0.464 e. The fourth-order valence-electron chi connectivity index (χ4n) is 2.79. The standard InChI is InChI=1S/C17H19NO2/c1-13-5-2-3-11-18(13)17(19)15-9-7-14(8-10-15)16-6-4-12-20-16/h4,6-10,12-13H,2-3,5,11H2,1H3. The van der Waals surface area contributed by atoms with Gasteiger partial charge in [-0.15, -0.1) is 0 Å². The Morgan fingerprint density at radius 1 is 1.20 bits per heavy atom. The van der Waals surface area contributed by atoms with Gasteiger partial charge in [-0.2, -0.15) is 0 Å². The molecule has 3 nitrogen and oxygen atoms in total. The second-order valence-electron chi connectivity index (χ2n) is 5.40. The molecule has 1 atom stereocenters. The van der Waals surface area contributed by atoms with Gasteiger partial charge in [0.25, 0.3) is 5.91 Å². The third-order valence-electron chi connectivity index (χ3n) is 4.00. The number of piperidine rings is 1. The molecule has 1 aromatic carbocycles. The second-order valence-corrected chi connectivity index (χ2v) is 5.40. The Balaban J connectivity index is 1.78. The molecule has 104 valence electrons. The zero-order valence-electron chi connectivity index (χ0n) is 11.7. The van der Waals surface area contributed by atoms with Gasteiger partial charge in [0.15, 0.2) is 0 Å². The summed E-state index contributed by atoms with van der Waals surface area (Å²) in [4.78, 5) is 14.5. The minimum Gasteiger partial charge on any atom is -0.464 e. The quantitative estimate of drug-likeness (QED) is 0.826. The second kappa shape index (κ2) is 5.53. The van der Waals surface area contributed by atoms with E-state index in [2.05, 4.69) is 6.92 Å². The molecule has 0 bridgehead atoms. The molecule has 0 aliphatic carbocycles. The number of carbonyl (C=O) groups excluding carboxylic acids is 1. The topological polar surface area (TPSA) is 33.5 Å². The Bertz CT molecular complexity index is 572. The van der Waals surface area contributed by atoms with E-state index in [1.54, 1.807) is 6.26 Å². The van der Waals surface area contributed by atoms with Gasteiger partial charge in [-0.3, -0.25) is 4.79 Å². The maximum Gasteiger partial charge on any atom is 0.254 e. The molecule has 2 aromatic rings. The molecule has 1 unspecified atom stereocenters. The molecule has 1 fully saturated rings. The summed E-state index contributed by atoms with van der Waals surface area (Å²) in [6.45, 7) is 3.01. The summed E-state index contributed by atoms with van der Waals surface area (Å²) in [5.41, 5.74) is 1.76. The summed E-state index contributed by atoms with van der Waals surface area (Å²) >= 11 is 0. The third kappa shape index (κ3) is 2.48. The molecule has 2 heterocycles. The highest BCUT2D eigenvalue weighted by atomic mass is 16.3. The Morgan fingerprint density at radius 2 is 2.00 bits per heavy atom. The SMILES string of the molecule is CC1CCCCN1C(=O)c1ccc(-c2ccco2)cc1. The fourth-order valence-corrected chi connectivity index (χ4v) is 2.79. The van der Waals surface area contributed by atoms with Crippen LogP contribution in [0.2, 0.25) is 0 Å². The van der Waals surface area contributed by atoms with E-state index in [1.165, 1.54) is 6.42 Å². The zero-order chi connectivity index (χ0) is 13.9. The van der Waals surface area contributed by atoms with Crippen molar-refractivity contribution >= 4 is 5.91 Å².